The summed E-state index contributed by atoms with van der Waals surface area (Å²) in [5, 5.41) is 3.22. The summed E-state index contributed by atoms with van der Waals surface area (Å²) in [5.74, 6) is 1.91. The van der Waals surface area contributed by atoms with Crippen molar-refractivity contribution in [1.29, 1.82) is 0 Å². The van der Waals surface area contributed by atoms with Crippen LogP contribution in [0.4, 0.5) is 5.82 Å². The van der Waals surface area contributed by atoms with Crippen LogP contribution >= 0.6 is 24.8 Å². The summed E-state index contributed by atoms with van der Waals surface area (Å²) in [6.45, 7) is 4.99. The number of hydrogen-bond donors (Lipinski definition) is 1. The van der Waals surface area contributed by atoms with Crippen LogP contribution in [0.3, 0.4) is 0 Å². The number of carbonyl (C=O) groups excluding carboxylic acids is 1. The first-order chi connectivity index (χ1) is 12.3. The van der Waals surface area contributed by atoms with Gasteiger partial charge < -0.3 is 15.1 Å². The van der Waals surface area contributed by atoms with E-state index in [0.717, 1.165) is 62.9 Å². The van der Waals surface area contributed by atoms with Gasteiger partial charge in [-0.05, 0) is 63.7 Å². The van der Waals surface area contributed by atoms with E-state index in [0.29, 0.717) is 0 Å². The summed E-state index contributed by atoms with van der Waals surface area (Å²) in [6, 6.07) is 3.99. The number of anilines is 1. The first-order valence-electron chi connectivity index (χ1n) is 9.93. The Labute approximate surface area is 176 Å². The molecule has 1 aromatic rings. The standard InChI is InChI=1S/C20H32N4O.2ClH/c1-21-11-8-17-9-14-24(15-10-17)20(25)18-6-7-19(22-16-18)23-12-4-2-3-5-13-23;;/h6-7,16-17,21H,2-5,8-15H2,1H3;2*1H. The molecule has 1 N–H and O–H groups in total. The Kier molecular flexibility index (Phi) is 11.0. The molecular formula is C20H34Cl2N4O. The van der Waals surface area contributed by atoms with E-state index in [1.54, 1.807) is 6.20 Å². The van der Waals surface area contributed by atoms with Crippen LogP contribution in [0.15, 0.2) is 18.3 Å². The minimum Gasteiger partial charge on any atom is -0.357 e. The molecule has 0 atom stereocenters. The predicted octanol–water partition coefficient (Wildman–Crippen LogP) is 3.77. The van der Waals surface area contributed by atoms with Crippen LogP contribution in [0, 0.1) is 5.92 Å². The van der Waals surface area contributed by atoms with Crippen molar-refractivity contribution in [2.24, 2.45) is 5.92 Å². The Balaban J connectivity index is 0.00000182. The summed E-state index contributed by atoms with van der Waals surface area (Å²) in [5.41, 5.74) is 0.729. The molecule has 0 saturated carbocycles. The maximum atomic E-state index is 12.7. The molecule has 3 rings (SSSR count). The molecule has 2 aliphatic rings. The van der Waals surface area contributed by atoms with Crippen LogP contribution < -0.4 is 10.2 Å². The smallest absolute Gasteiger partial charge is 0.255 e. The van der Waals surface area contributed by atoms with E-state index in [9.17, 15) is 4.79 Å². The number of rotatable bonds is 5. The van der Waals surface area contributed by atoms with E-state index in [1.807, 2.05) is 24.1 Å². The van der Waals surface area contributed by atoms with E-state index in [2.05, 4.69) is 15.2 Å². The van der Waals surface area contributed by atoms with Gasteiger partial charge >= 0.3 is 0 Å². The number of nitrogens with zero attached hydrogens (tertiary/aromatic N) is 3. The fourth-order valence-electron chi connectivity index (χ4n) is 3.96. The summed E-state index contributed by atoms with van der Waals surface area (Å²) >= 11 is 0. The van der Waals surface area contributed by atoms with Crippen molar-refractivity contribution in [1.82, 2.24) is 15.2 Å². The Morgan fingerprint density at radius 3 is 2.30 bits per heavy atom. The highest BCUT2D eigenvalue weighted by molar-refractivity contribution is 5.94. The van der Waals surface area contributed by atoms with Gasteiger partial charge in [0, 0.05) is 32.4 Å². The van der Waals surface area contributed by atoms with Crippen LogP contribution in [0.1, 0.15) is 55.3 Å². The maximum Gasteiger partial charge on any atom is 0.255 e. The highest BCUT2D eigenvalue weighted by atomic mass is 35.5. The number of pyridine rings is 1. The lowest BCUT2D eigenvalue weighted by Crippen LogP contribution is -2.39. The minimum atomic E-state index is 0. The van der Waals surface area contributed by atoms with E-state index in [-0.39, 0.29) is 30.7 Å². The molecule has 1 amide bonds. The van der Waals surface area contributed by atoms with Crippen molar-refractivity contribution in [2.45, 2.75) is 44.9 Å². The average Bonchev–Trinajstić information content (AvgIpc) is 2.96. The summed E-state index contributed by atoms with van der Waals surface area (Å²) in [6.07, 6.45) is 10.3. The quantitative estimate of drug-likeness (QED) is 0.793. The van der Waals surface area contributed by atoms with Crippen LogP contribution in [0.5, 0.6) is 0 Å². The van der Waals surface area contributed by atoms with Crippen molar-refractivity contribution in [2.75, 3.05) is 44.7 Å². The van der Waals surface area contributed by atoms with Crippen molar-refractivity contribution in [3.8, 4) is 0 Å². The first kappa shape index (κ1) is 24.0. The average molecular weight is 417 g/mol. The number of aromatic nitrogens is 1. The van der Waals surface area contributed by atoms with Gasteiger partial charge in [-0.15, -0.1) is 24.8 Å². The molecule has 1 aromatic heterocycles. The zero-order chi connectivity index (χ0) is 17.5. The first-order valence-corrected chi connectivity index (χ1v) is 9.93. The topological polar surface area (TPSA) is 48.5 Å². The number of likely N-dealkylation sites (tertiary alicyclic amines) is 1. The second-order valence-electron chi connectivity index (χ2n) is 7.43. The second-order valence-corrected chi connectivity index (χ2v) is 7.43. The molecule has 2 fully saturated rings. The fraction of sp³-hybridized carbons (Fsp3) is 0.700. The van der Waals surface area contributed by atoms with E-state index in [4.69, 9.17) is 0 Å². The normalized spacial score (nSPS) is 18.3. The van der Waals surface area contributed by atoms with Gasteiger partial charge in [0.1, 0.15) is 5.82 Å². The van der Waals surface area contributed by atoms with Gasteiger partial charge in [-0.25, -0.2) is 4.98 Å². The Hall–Kier alpha value is -1.04. The summed E-state index contributed by atoms with van der Waals surface area (Å²) in [4.78, 5) is 21.7. The van der Waals surface area contributed by atoms with Crippen LogP contribution in [-0.4, -0.2) is 55.6 Å². The number of amides is 1. The highest BCUT2D eigenvalue weighted by Gasteiger charge is 2.23. The Bertz CT molecular complexity index is 539. The molecule has 0 aromatic carbocycles. The van der Waals surface area contributed by atoms with Gasteiger partial charge in [0.2, 0.25) is 0 Å². The molecule has 0 unspecified atom stereocenters. The molecule has 7 heteroatoms. The SMILES string of the molecule is CNCCC1CCN(C(=O)c2ccc(N3CCCCCC3)nc2)CC1.Cl.Cl. The fourth-order valence-corrected chi connectivity index (χ4v) is 3.96. The number of carbonyl (C=O) groups is 1. The van der Waals surface area contributed by atoms with Gasteiger partial charge in [-0.2, -0.15) is 0 Å². The molecule has 0 aliphatic carbocycles. The van der Waals surface area contributed by atoms with Crippen LogP contribution in [0.25, 0.3) is 0 Å². The zero-order valence-electron chi connectivity index (χ0n) is 16.4. The third kappa shape index (κ3) is 6.81. The lowest BCUT2D eigenvalue weighted by Gasteiger charge is -2.32. The van der Waals surface area contributed by atoms with E-state index in [1.165, 1.54) is 32.1 Å². The molecule has 3 heterocycles. The van der Waals surface area contributed by atoms with Crippen molar-refractivity contribution in [3.05, 3.63) is 23.9 Å². The van der Waals surface area contributed by atoms with Gasteiger partial charge in [0.25, 0.3) is 5.91 Å². The number of nitrogens with one attached hydrogen (secondary N) is 1. The summed E-state index contributed by atoms with van der Waals surface area (Å²) in [7, 11) is 2.00. The van der Waals surface area contributed by atoms with Gasteiger partial charge in [-0.3, -0.25) is 4.79 Å². The maximum absolute atomic E-state index is 12.7. The third-order valence-electron chi connectivity index (χ3n) is 5.63. The van der Waals surface area contributed by atoms with Gasteiger partial charge in [0.15, 0.2) is 0 Å². The molecule has 0 radical (unpaired) electrons. The number of piperidine rings is 1. The molecule has 2 saturated heterocycles. The second kappa shape index (κ2) is 12.4. The number of halogens is 2. The largest absolute Gasteiger partial charge is 0.357 e. The van der Waals surface area contributed by atoms with Gasteiger partial charge in [-0.1, -0.05) is 12.8 Å². The molecule has 27 heavy (non-hydrogen) atoms. The summed E-state index contributed by atoms with van der Waals surface area (Å²) < 4.78 is 0. The molecule has 0 bridgehead atoms. The van der Waals surface area contributed by atoms with Crippen molar-refractivity contribution in [3.63, 3.8) is 0 Å². The Morgan fingerprint density at radius 1 is 1.07 bits per heavy atom. The van der Waals surface area contributed by atoms with Crippen LogP contribution in [0.2, 0.25) is 0 Å². The molecule has 154 valence electrons. The zero-order valence-corrected chi connectivity index (χ0v) is 18.0. The van der Waals surface area contributed by atoms with Gasteiger partial charge in [0.05, 0.1) is 5.56 Å². The Morgan fingerprint density at radius 2 is 1.74 bits per heavy atom. The highest BCUT2D eigenvalue weighted by Crippen LogP contribution is 2.22. The predicted molar refractivity (Wildman–Crippen MR) is 117 cm³/mol. The van der Waals surface area contributed by atoms with E-state index >= 15 is 0 Å². The third-order valence-corrected chi connectivity index (χ3v) is 5.63. The van der Waals surface area contributed by atoms with Crippen molar-refractivity contribution >= 4 is 36.5 Å². The van der Waals surface area contributed by atoms with Crippen LogP contribution in [-0.2, 0) is 0 Å². The lowest BCUT2D eigenvalue weighted by atomic mass is 9.93. The molecule has 2 aliphatic heterocycles. The van der Waals surface area contributed by atoms with E-state index < -0.39 is 0 Å². The molecule has 0 spiro atoms. The molecular weight excluding hydrogens is 383 g/mol. The number of hydrogen-bond acceptors (Lipinski definition) is 4. The minimum absolute atomic E-state index is 0. The van der Waals surface area contributed by atoms with Crippen molar-refractivity contribution < 1.29 is 4.79 Å². The molecule has 5 nitrogen and oxygen atoms in total. The monoisotopic (exact) mass is 416 g/mol. The lowest BCUT2D eigenvalue weighted by molar-refractivity contribution is 0.0686.